The number of hydrogen-bond donors (Lipinski definition) is 2. The van der Waals surface area contributed by atoms with E-state index in [2.05, 4.69) is 36.6 Å². The molecule has 2 N–H and O–H groups in total. The van der Waals surface area contributed by atoms with Gasteiger partial charge in [0.05, 0.1) is 13.9 Å². The van der Waals surface area contributed by atoms with E-state index in [-0.39, 0.29) is 15.6 Å². The molecule has 2 rings (SSSR count). The van der Waals surface area contributed by atoms with Crippen LogP contribution in [0.25, 0.3) is 0 Å². The van der Waals surface area contributed by atoms with Crippen molar-refractivity contribution in [2.24, 2.45) is 0 Å². The van der Waals surface area contributed by atoms with E-state index >= 15 is 0 Å². The smallest absolute Gasteiger partial charge is 0.271 e. The Hall–Kier alpha value is -0.570. The Labute approximate surface area is 131 Å². The van der Waals surface area contributed by atoms with Crippen LogP contribution in [0.5, 0.6) is 5.75 Å². The Morgan fingerprint density at radius 3 is 2.58 bits per heavy atom. The van der Waals surface area contributed by atoms with E-state index in [1.54, 1.807) is 18.2 Å². The van der Waals surface area contributed by atoms with Crippen molar-refractivity contribution in [1.82, 2.24) is 0 Å². The number of benzene rings is 1. The van der Waals surface area contributed by atoms with Crippen molar-refractivity contribution in [3.05, 3.63) is 38.1 Å². The van der Waals surface area contributed by atoms with Crippen LogP contribution in [-0.2, 0) is 10.0 Å². The number of rotatable bonds is 3. The highest BCUT2D eigenvalue weighted by atomic mass is 79.9. The summed E-state index contributed by atoms with van der Waals surface area (Å²) in [5.74, 6) is -0.140. The SMILES string of the molecule is Cc1cc(S(=O)(=O)Nc2cccc(Br)c2O)sc1Br. The summed E-state index contributed by atoms with van der Waals surface area (Å²) in [5.41, 5.74) is 0.986. The fraction of sp³-hybridized carbons (Fsp3) is 0.0909. The first-order chi connectivity index (χ1) is 8.81. The lowest BCUT2D eigenvalue weighted by Crippen LogP contribution is -2.11. The van der Waals surface area contributed by atoms with Gasteiger partial charge in [0.1, 0.15) is 4.21 Å². The molecule has 0 unspecified atom stereocenters. The monoisotopic (exact) mass is 425 g/mol. The van der Waals surface area contributed by atoms with Gasteiger partial charge in [-0.1, -0.05) is 6.07 Å². The van der Waals surface area contributed by atoms with E-state index in [4.69, 9.17) is 0 Å². The van der Waals surface area contributed by atoms with Crippen LogP contribution in [-0.4, -0.2) is 13.5 Å². The van der Waals surface area contributed by atoms with Crippen LogP contribution in [0.3, 0.4) is 0 Å². The molecule has 0 aliphatic carbocycles. The third kappa shape index (κ3) is 3.13. The van der Waals surface area contributed by atoms with Crippen molar-refractivity contribution in [3.63, 3.8) is 0 Å². The molecule has 0 saturated carbocycles. The zero-order valence-electron chi connectivity index (χ0n) is 9.65. The van der Waals surface area contributed by atoms with E-state index in [1.807, 2.05) is 6.92 Å². The van der Waals surface area contributed by atoms with Gasteiger partial charge in [0.25, 0.3) is 10.0 Å². The normalized spacial score (nSPS) is 11.5. The van der Waals surface area contributed by atoms with E-state index in [9.17, 15) is 13.5 Å². The van der Waals surface area contributed by atoms with Gasteiger partial charge in [0.2, 0.25) is 0 Å². The van der Waals surface area contributed by atoms with Crippen molar-refractivity contribution >= 4 is 58.9 Å². The predicted molar refractivity (Wildman–Crippen MR) is 83.4 cm³/mol. The summed E-state index contributed by atoms with van der Waals surface area (Å²) in [6.45, 7) is 1.82. The summed E-state index contributed by atoms with van der Waals surface area (Å²) in [5, 5.41) is 9.79. The van der Waals surface area contributed by atoms with Gasteiger partial charge in [0.15, 0.2) is 5.75 Å². The molecule has 8 heteroatoms. The van der Waals surface area contributed by atoms with Crippen LogP contribution >= 0.6 is 43.2 Å². The second-order valence-corrected chi connectivity index (χ2v) is 8.90. The Morgan fingerprint density at radius 1 is 1.32 bits per heavy atom. The molecule has 0 aliphatic rings. The fourth-order valence-corrected chi connectivity index (χ4v) is 5.02. The molecule has 1 heterocycles. The van der Waals surface area contributed by atoms with Gasteiger partial charge >= 0.3 is 0 Å². The minimum absolute atomic E-state index is 0.136. The zero-order chi connectivity index (χ0) is 14.2. The molecule has 2 aromatic rings. The van der Waals surface area contributed by atoms with Crippen LogP contribution in [0, 0.1) is 6.92 Å². The Bertz CT molecular complexity index is 706. The maximum absolute atomic E-state index is 12.2. The largest absolute Gasteiger partial charge is 0.505 e. The maximum atomic E-state index is 12.2. The highest BCUT2D eigenvalue weighted by Crippen LogP contribution is 2.35. The zero-order valence-corrected chi connectivity index (χ0v) is 14.5. The Balaban J connectivity index is 2.39. The lowest BCUT2D eigenvalue weighted by Gasteiger charge is -2.08. The molecule has 1 aromatic heterocycles. The van der Waals surface area contributed by atoms with Gasteiger partial charge < -0.3 is 5.11 Å². The van der Waals surface area contributed by atoms with E-state index in [0.29, 0.717) is 4.47 Å². The van der Waals surface area contributed by atoms with Crippen LogP contribution in [0.1, 0.15) is 5.56 Å². The Kier molecular flexibility index (Phi) is 4.24. The third-order valence-corrected chi connectivity index (χ3v) is 6.95. The van der Waals surface area contributed by atoms with Crippen molar-refractivity contribution < 1.29 is 13.5 Å². The number of nitrogens with one attached hydrogen (secondary N) is 1. The summed E-state index contributed by atoms with van der Waals surface area (Å²) in [7, 11) is -3.70. The molecule has 0 atom stereocenters. The van der Waals surface area contributed by atoms with Crippen molar-refractivity contribution in [2.45, 2.75) is 11.1 Å². The number of hydrogen-bond acceptors (Lipinski definition) is 4. The van der Waals surface area contributed by atoms with Gasteiger partial charge in [-0.3, -0.25) is 4.72 Å². The topological polar surface area (TPSA) is 66.4 Å². The summed E-state index contributed by atoms with van der Waals surface area (Å²) in [4.78, 5) is 0. The highest BCUT2D eigenvalue weighted by molar-refractivity contribution is 9.11. The van der Waals surface area contributed by atoms with Gasteiger partial charge in [-0.2, -0.15) is 0 Å². The number of phenolic OH excluding ortho intramolecular Hbond substituents is 1. The lowest BCUT2D eigenvalue weighted by molar-refractivity contribution is 0.474. The second-order valence-electron chi connectivity index (χ2n) is 3.76. The molecule has 0 radical (unpaired) electrons. The summed E-state index contributed by atoms with van der Waals surface area (Å²) in [6, 6.07) is 6.33. The number of aryl methyl sites for hydroxylation is 1. The molecule has 0 saturated heterocycles. The number of thiophene rings is 1. The first-order valence-electron chi connectivity index (χ1n) is 5.07. The molecular weight excluding hydrogens is 418 g/mol. The van der Waals surface area contributed by atoms with Crippen LogP contribution < -0.4 is 4.72 Å². The first kappa shape index (κ1) is 14.8. The van der Waals surface area contributed by atoms with Crippen molar-refractivity contribution in [2.75, 3.05) is 4.72 Å². The highest BCUT2D eigenvalue weighted by Gasteiger charge is 2.20. The molecule has 102 valence electrons. The quantitative estimate of drug-likeness (QED) is 0.726. The summed E-state index contributed by atoms with van der Waals surface area (Å²) < 4.78 is 28.1. The fourth-order valence-electron chi connectivity index (χ4n) is 1.36. The number of aromatic hydroxyl groups is 1. The number of halogens is 2. The molecular formula is C11H9Br2NO3S2. The minimum atomic E-state index is -3.70. The van der Waals surface area contributed by atoms with E-state index in [1.165, 1.54) is 6.07 Å². The van der Waals surface area contributed by atoms with Crippen LogP contribution in [0.15, 0.2) is 36.7 Å². The number of para-hydroxylation sites is 1. The number of sulfonamides is 1. The second kappa shape index (κ2) is 5.43. The van der Waals surface area contributed by atoms with Gasteiger partial charge in [-0.25, -0.2) is 8.42 Å². The molecule has 1 aromatic carbocycles. The van der Waals surface area contributed by atoms with E-state index < -0.39 is 10.0 Å². The standard InChI is InChI=1S/C11H9Br2NO3S2/c1-6-5-9(18-11(6)13)19(16,17)14-8-4-2-3-7(12)10(8)15/h2-5,14-15H,1H3. The minimum Gasteiger partial charge on any atom is -0.505 e. The third-order valence-electron chi connectivity index (χ3n) is 2.33. The molecule has 0 amide bonds. The van der Waals surface area contributed by atoms with Crippen molar-refractivity contribution in [3.8, 4) is 5.75 Å². The number of anilines is 1. The van der Waals surface area contributed by atoms with Crippen LogP contribution in [0.2, 0.25) is 0 Å². The maximum Gasteiger partial charge on any atom is 0.271 e. The van der Waals surface area contributed by atoms with Crippen molar-refractivity contribution in [1.29, 1.82) is 0 Å². The Morgan fingerprint density at radius 2 is 2.00 bits per heavy atom. The predicted octanol–water partition coefficient (Wildman–Crippen LogP) is 4.09. The average molecular weight is 427 g/mol. The molecule has 0 spiro atoms. The molecule has 4 nitrogen and oxygen atoms in total. The summed E-state index contributed by atoms with van der Waals surface area (Å²) >= 11 is 7.55. The molecule has 0 fully saturated rings. The molecule has 0 aliphatic heterocycles. The van der Waals surface area contributed by atoms with Gasteiger partial charge in [0, 0.05) is 0 Å². The first-order valence-corrected chi connectivity index (χ1v) is 8.96. The average Bonchev–Trinajstić information content (AvgIpc) is 2.66. The van der Waals surface area contributed by atoms with Gasteiger partial charge in [-0.05, 0) is 62.5 Å². The van der Waals surface area contributed by atoms with E-state index in [0.717, 1.165) is 20.7 Å². The van der Waals surface area contributed by atoms with Crippen LogP contribution in [0.4, 0.5) is 5.69 Å². The molecule has 0 bridgehead atoms. The lowest BCUT2D eigenvalue weighted by atomic mass is 10.3. The summed E-state index contributed by atoms with van der Waals surface area (Å²) in [6.07, 6.45) is 0. The van der Waals surface area contributed by atoms with Gasteiger partial charge in [-0.15, -0.1) is 11.3 Å². The number of phenols is 1. The molecule has 19 heavy (non-hydrogen) atoms.